The molecule has 2 aromatic heterocycles. The van der Waals surface area contributed by atoms with Crippen molar-refractivity contribution in [3.05, 3.63) is 78.2 Å². The van der Waals surface area contributed by atoms with Gasteiger partial charge in [0.25, 0.3) is 5.91 Å². The van der Waals surface area contributed by atoms with E-state index in [4.69, 9.17) is 5.10 Å². The van der Waals surface area contributed by atoms with Crippen molar-refractivity contribution in [2.75, 3.05) is 13.1 Å². The van der Waals surface area contributed by atoms with Gasteiger partial charge in [0, 0.05) is 30.3 Å². The summed E-state index contributed by atoms with van der Waals surface area (Å²) in [6.07, 6.45) is 1.76. The Bertz CT molecular complexity index is 1180. The van der Waals surface area contributed by atoms with Gasteiger partial charge >= 0.3 is 0 Å². The fraction of sp³-hybridized carbons (Fsp3) is 0.240. The second-order valence-corrected chi connectivity index (χ2v) is 7.49. The van der Waals surface area contributed by atoms with Crippen molar-refractivity contribution in [2.45, 2.75) is 26.7 Å². The molecule has 4 aromatic rings. The van der Waals surface area contributed by atoms with Gasteiger partial charge in [0.1, 0.15) is 11.5 Å². The van der Waals surface area contributed by atoms with Gasteiger partial charge in [-0.2, -0.15) is 5.10 Å². The summed E-state index contributed by atoms with van der Waals surface area (Å²) in [5.74, 6) is -0.412. The molecule has 6 heteroatoms. The van der Waals surface area contributed by atoms with E-state index in [1.54, 1.807) is 22.7 Å². The molecule has 0 bridgehead atoms. The zero-order chi connectivity index (χ0) is 21.8. The zero-order valence-corrected chi connectivity index (χ0v) is 17.8. The second-order valence-electron chi connectivity index (χ2n) is 7.49. The van der Waals surface area contributed by atoms with Crippen LogP contribution in [0.3, 0.4) is 0 Å². The lowest BCUT2D eigenvalue weighted by atomic mass is 10.1. The molecule has 0 aliphatic rings. The van der Waals surface area contributed by atoms with Crippen molar-refractivity contribution in [3.8, 4) is 22.5 Å². The second kappa shape index (κ2) is 9.08. The van der Waals surface area contributed by atoms with Crippen LogP contribution in [0.2, 0.25) is 0 Å². The SMILES string of the molecule is CCCN(CCC)C(=O)c1cc(-c2ccc(F)cc2)n2nc(-c3ccccc3)cc2n1. The van der Waals surface area contributed by atoms with Crippen molar-refractivity contribution in [1.29, 1.82) is 0 Å². The van der Waals surface area contributed by atoms with Crippen LogP contribution in [0, 0.1) is 5.82 Å². The number of rotatable bonds is 7. The summed E-state index contributed by atoms with van der Waals surface area (Å²) in [4.78, 5) is 19.7. The molecule has 0 saturated heterocycles. The predicted molar refractivity (Wildman–Crippen MR) is 120 cm³/mol. The highest BCUT2D eigenvalue weighted by molar-refractivity contribution is 5.94. The third-order valence-corrected chi connectivity index (χ3v) is 5.13. The largest absolute Gasteiger partial charge is 0.337 e. The van der Waals surface area contributed by atoms with Crippen molar-refractivity contribution >= 4 is 11.6 Å². The molecule has 0 radical (unpaired) electrons. The van der Waals surface area contributed by atoms with E-state index in [2.05, 4.69) is 18.8 Å². The molecule has 158 valence electrons. The van der Waals surface area contributed by atoms with Gasteiger partial charge in [-0.1, -0.05) is 44.2 Å². The van der Waals surface area contributed by atoms with Crippen LogP contribution in [-0.4, -0.2) is 38.5 Å². The number of aromatic nitrogens is 3. The molecule has 0 aliphatic carbocycles. The molecule has 0 fully saturated rings. The van der Waals surface area contributed by atoms with Crippen LogP contribution in [-0.2, 0) is 0 Å². The number of carbonyl (C=O) groups excluding carboxylic acids is 1. The van der Waals surface area contributed by atoms with Crippen molar-refractivity contribution in [2.24, 2.45) is 0 Å². The number of hydrogen-bond donors (Lipinski definition) is 0. The third kappa shape index (κ3) is 4.33. The fourth-order valence-electron chi connectivity index (χ4n) is 3.68. The zero-order valence-electron chi connectivity index (χ0n) is 17.8. The van der Waals surface area contributed by atoms with Gasteiger partial charge in [0.2, 0.25) is 0 Å². The van der Waals surface area contributed by atoms with E-state index < -0.39 is 0 Å². The smallest absolute Gasteiger partial charge is 0.272 e. The summed E-state index contributed by atoms with van der Waals surface area (Å²) in [5, 5.41) is 4.74. The summed E-state index contributed by atoms with van der Waals surface area (Å²) in [6.45, 7) is 5.47. The summed E-state index contributed by atoms with van der Waals surface area (Å²) >= 11 is 0. The van der Waals surface area contributed by atoms with Gasteiger partial charge < -0.3 is 4.90 Å². The number of benzene rings is 2. The average molecular weight is 417 g/mol. The van der Waals surface area contributed by atoms with E-state index in [0.29, 0.717) is 30.1 Å². The number of nitrogens with zero attached hydrogens (tertiary/aromatic N) is 4. The molecule has 1 amide bonds. The number of hydrogen-bond acceptors (Lipinski definition) is 3. The van der Waals surface area contributed by atoms with E-state index in [1.807, 2.05) is 41.3 Å². The number of fused-ring (bicyclic) bond motifs is 1. The molecule has 0 saturated carbocycles. The van der Waals surface area contributed by atoms with Crippen LogP contribution in [0.25, 0.3) is 28.2 Å². The van der Waals surface area contributed by atoms with Crippen LogP contribution in [0.15, 0.2) is 66.7 Å². The van der Waals surface area contributed by atoms with E-state index in [9.17, 15) is 9.18 Å². The molecule has 2 aromatic carbocycles. The topological polar surface area (TPSA) is 50.5 Å². The van der Waals surface area contributed by atoms with Gasteiger partial charge in [-0.15, -0.1) is 0 Å². The lowest BCUT2D eigenvalue weighted by Crippen LogP contribution is -2.33. The molecule has 0 spiro atoms. The Balaban J connectivity index is 1.88. The molecule has 0 atom stereocenters. The van der Waals surface area contributed by atoms with E-state index >= 15 is 0 Å². The Kier molecular flexibility index (Phi) is 6.07. The van der Waals surface area contributed by atoms with Gasteiger partial charge in [0.05, 0.1) is 11.4 Å². The van der Waals surface area contributed by atoms with Crippen molar-refractivity contribution in [1.82, 2.24) is 19.5 Å². The van der Waals surface area contributed by atoms with Gasteiger partial charge in [-0.05, 0) is 43.2 Å². The summed E-state index contributed by atoms with van der Waals surface area (Å²) in [5.41, 5.74) is 4.14. The Labute approximate surface area is 181 Å². The minimum atomic E-state index is -0.312. The highest BCUT2D eigenvalue weighted by Gasteiger charge is 2.20. The van der Waals surface area contributed by atoms with Crippen LogP contribution in [0.1, 0.15) is 37.2 Å². The lowest BCUT2D eigenvalue weighted by Gasteiger charge is -2.21. The van der Waals surface area contributed by atoms with Crippen molar-refractivity contribution < 1.29 is 9.18 Å². The highest BCUT2D eigenvalue weighted by atomic mass is 19.1. The number of carbonyl (C=O) groups is 1. The maximum absolute atomic E-state index is 13.5. The molecule has 4 rings (SSSR count). The van der Waals surface area contributed by atoms with E-state index in [-0.39, 0.29) is 11.7 Å². The normalized spacial score (nSPS) is 11.1. The van der Waals surface area contributed by atoms with Crippen LogP contribution in [0.4, 0.5) is 4.39 Å². The number of halogens is 1. The van der Waals surface area contributed by atoms with Crippen LogP contribution < -0.4 is 0 Å². The summed E-state index contributed by atoms with van der Waals surface area (Å²) < 4.78 is 15.2. The standard InChI is InChI=1S/C25H25FN4O/c1-3-14-29(15-4-2)25(31)22-16-23(19-10-12-20(26)13-11-19)30-24(27-22)17-21(28-30)18-8-6-5-7-9-18/h5-13,16-17H,3-4,14-15H2,1-2H3. The van der Waals surface area contributed by atoms with E-state index in [1.165, 1.54) is 12.1 Å². The summed E-state index contributed by atoms with van der Waals surface area (Å²) in [6, 6.07) is 19.7. The van der Waals surface area contributed by atoms with Gasteiger partial charge in [-0.3, -0.25) is 4.79 Å². The quantitative estimate of drug-likeness (QED) is 0.402. The molecular formula is C25H25FN4O. The molecular weight excluding hydrogens is 391 g/mol. The third-order valence-electron chi connectivity index (χ3n) is 5.13. The minimum absolute atomic E-state index is 0.1000. The maximum atomic E-state index is 13.5. The minimum Gasteiger partial charge on any atom is -0.337 e. The molecule has 0 N–H and O–H groups in total. The molecule has 0 unspecified atom stereocenters. The Hall–Kier alpha value is -3.54. The lowest BCUT2D eigenvalue weighted by molar-refractivity contribution is 0.0750. The van der Waals surface area contributed by atoms with Crippen LogP contribution >= 0.6 is 0 Å². The first-order valence-electron chi connectivity index (χ1n) is 10.6. The Morgan fingerprint density at radius 1 is 0.935 bits per heavy atom. The van der Waals surface area contributed by atoms with Crippen LogP contribution in [0.5, 0.6) is 0 Å². The molecule has 31 heavy (non-hydrogen) atoms. The van der Waals surface area contributed by atoms with Crippen molar-refractivity contribution in [3.63, 3.8) is 0 Å². The fourth-order valence-corrected chi connectivity index (χ4v) is 3.68. The average Bonchev–Trinajstić information content (AvgIpc) is 3.23. The maximum Gasteiger partial charge on any atom is 0.272 e. The Morgan fingerprint density at radius 3 is 2.26 bits per heavy atom. The molecule has 2 heterocycles. The predicted octanol–water partition coefficient (Wildman–Crippen LogP) is 5.46. The first kappa shape index (κ1) is 20.7. The highest BCUT2D eigenvalue weighted by Crippen LogP contribution is 2.26. The molecule has 5 nitrogen and oxygen atoms in total. The molecule has 0 aliphatic heterocycles. The van der Waals surface area contributed by atoms with Gasteiger partial charge in [-0.25, -0.2) is 13.9 Å². The van der Waals surface area contributed by atoms with E-state index in [0.717, 1.165) is 29.7 Å². The Morgan fingerprint density at radius 2 is 1.61 bits per heavy atom. The number of amides is 1. The summed E-state index contributed by atoms with van der Waals surface area (Å²) in [7, 11) is 0. The first-order chi connectivity index (χ1) is 15.1. The monoisotopic (exact) mass is 416 g/mol. The van der Waals surface area contributed by atoms with Gasteiger partial charge in [0.15, 0.2) is 5.65 Å². The first-order valence-corrected chi connectivity index (χ1v) is 10.6.